The molecule has 122 heavy (non-hydrogen) atoms. The van der Waals surface area contributed by atoms with Crippen LogP contribution in [0, 0.1) is 70.7 Å². The predicted molar refractivity (Wildman–Crippen MR) is 484 cm³/mol. The van der Waals surface area contributed by atoms with Gasteiger partial charge in [0.05, 0.1) is 70.1 Å². The smallest absolute Gasteiger partial charge is 0.328 e. The summed E-state index contributed by atoms with van der Waals surface area (Å²) in [5.74, 6) is -2.41. The Bertz CT molecular complexity index is 5480. The van der Waals surface area contributed by atoms with Crippen LogP contribution in [0.1, 0.15) is 139 Å². The van der Waals surface area contributed by atoms with Gasteiger partial charge >= 0.3 is 11.9 Å². The third kappa shape index (κ3) is 27.4. The van der Waals surface area contributed by atoms with Crippen LogP contribution in [-0.2, 0) is 38.7 Å². The molecule has 4 aliphatic rings. The number of nitrogen functional groups attached to an aromatic ring is 2. The third-order valence-electron chi connectivity index (χ3n) is 20.5. The SMILES string of the molecule is C.C.CCOC(=O)C1CCCCN1.CCOC(=O)C1CCCCN1c1cccc(C#N)c1.Cc1ccccc1-c1ccc(N)c(F)c1.Cc1ccccc1-c1ccc(NC(=O)C2CCCCN2c2cccc(C#N)c2)c(F)c1.N#Cc1cccc(Br)c1.N=C(N)c1cccc(N2CCCCC2C(=O)Nc2ccc(-c3ccccc3S(N)(=O)=O)cc2F)c1. The number of carbonyl (C=O) groups is 4. The number of esters is 2. The van der Waals surface area contributed by atoms with Crippen LogP contribution in [-0.4, -0.2) is 102 Å². The van der Waals surface area contributed by atoms with Crippen LogP contribution in [0.15, 0.2) is 234 Å². The monoisotopic (exact) mass is 1740 g/mol. The van der Waals surface area contributed by atoms with E-state index in [1.165, 1.54) is 48.9 Å². The number of nitrogens with one attached hydrogen (secondary N) is 4. The van der Waals surface area contributed by atoms with Crippen molar-refractivity contribution in [2.24, 2.45) is 10.9 Å². The summed E-state index contributed by atoms with van der Waals surface area (Å²) in [4.78, 5) is 55.3. The highest BCUT2D eigenvalue weighted by molar-refractivity contribution is 9.10. The standard InChI is InChI=1S/C26H24FN3O.C25H26FN5O3S.C15H18N2O2.C13H12FN.C8H15NO2.C7H4BrN.2CH4/c1-18-7-2-3-10-22(18)20-12-13-24(23(27)16-20)29-26(31)25-11-4-5-14-30(25)21-9-6-8-19(15-21)17-28;26-20-15-16(19-8-1-2-10-23(19)35(29,33)34)11-12-21(20)30-25(32)22-9-3-4-13-31(22)18-7-5-6-17(14-18)24(27)28;1-2-19-15(18)14-8-3-4-9-17(14)13-7-5-6-12(10-13)11-16;1-9-4-2-3-5-11(9)10-6-7-13(15)12(14)8-10;1-2-11-8(10)7-5-3-4-6-9-7;8-7-3-1-2-6(4-7)5-9;;/h2-3,6-10,12-13,15-16,25H,4-5,11,14H2,1H3,(H,29,31);1-2,5-8,10-12,14-15,22H,3-4,9,13H2,(H3,27,28)(H,30,32)(H2,29,33,34);5-7,10,14H,2-4,8-9H2,1H3;2-8H,15H2,1H3;7,9H,2-6H2,1H3;1-4H;2*1H4. The zero-order chi connectivity index (χ0) is 86.3. The molecule has 0 radical (unpaired) electrons. The van der Waals surface area contributed by atoms with Gasteiger partial charge in [0.25, 0.3) is 0 Å². The Kier molecular flexibility index (Phi) is 37.9. The Morgan fingerprint density at radius 1 is 0.500 bits per heavy atom. The van der Waals surface area contributed by atoms with E-state index in [4.69, 9.17) is 42.0 Å². The average Bonchev–Trinajstić information content (AvgIpc) is 0.853. The lowest BCUT2D eigenvalue weighted by atomic mass is 9.99. The molecule has 10 N–H and O–H groups in total. The number of hydrogen-bond acceptors (Lipinski definition) is 17. The van der Waals surface area contributed by atoms with Gasteiger partial charge in [-0.25, -0.2) is 31.5 Å². The summed E-state index contributed by atoms with van der Waals surface area (Å²) < 4.78 is 77.9. The van der Waals surface area contributed by atoms with Crippen LogP contribution in [0.5, 0.6) is 0 Å². The van der Waals surface area contributed by atoms with Gasteiger partial charge in [0.15, 0.2) is 0 Å². The molecule has 14 rings (SSSR count). The first-order valence-corrected chi connectivity index (χ1v) is 42.1. The van der Waals surface area contributed by atoms with E-state index in [9.17, 15) is 41.6 Å². The van der Waals surface area contributed by atoms with Gasteiger partial charge in [0, 0.05) is 52.3 Å². The quantitative estimate of drug-likeness (QED) is 0.0204. The lowest BCUT2D eigenvalue weighted by molar-refractivity contribution is -0.146. The van der Waals surface area contributed by atoms with Gasteiger partial charge in [-0.2, -0.15) is 15.8 Å². The molecule has 4 unspecified atom stereocenters. The van der Waals surface area contributed by atoms with Crippen molar-refractivity contribution in [2.45, 2.75) is 149 Å². The van der Waals surface area contributed by atoms with Crippen molar-refractivity contribution in [2.75, 3.05) is 70.5 Å². The molecule has 4 fully saturated rings. The molecule has 21 nitrogen and oxygen atoms in total. The number of amidine groups is 1. The highest BCUT2D eigenvalue weighted by Gasteiger charge is 2.33. The number of ether oxygens (including phenoxy) is 2. The summed E-state index contributed by atoms with van der Waals surface area (Å²) in [7, 11) is -4.00. The summed E-state index contributed by atoms with van der Waals surface area (Å²) in [5, 5.41) is 48.1. The lowest BCUT2D eigenvalue weighted by Crippen LogP contribution is -2.47. The first kappa shape index (κ1) is 96.5. The Labute approximate surface area is 723 Å². The maximum Gasteiger partial charge on any atom is 0.328 e. The van der Waals surface area contributed by atoms with Crippen molar-refractivity contribution >= 4 is 89.7 Å². The molecule has 10 aromatic rings. The highest BCUT2D eigenvalue weighted by atomic mass is 79.9. The van der Waals surface area contributed by atoms with E-state index in [1.807, 2.05) is 153 Å². The maximum absolute atomic E-state index is 15.0. The van der Waals surface area contributed by atoms with E-state index >= 15 is 4.39 Å². The Hall–Kier alpha value is -12.6. The molecule has 4 atom stereocenters. The van der Waals surface area contributed by atoms with Crippen LogP contribution in [0.4, 0.5) is 47.3 Å². The van der Waals surface area contributed by atoms with Crippen molar-refractivity contribution in [3.8, 4) is 51.6 Å². The molecule has 4 aliphatic heterocycles. The van der Waals surface area contributed by atoms with Gasteiger partial charge in [0.2, 0.25) is 21.8 Å². The topological polar surface area (TPSA) is 340 Å². The van der Waals surface area contributed by atoms with E-state index in [-0.39, 0.29) is 89.9 Å². The van der Waals surface area contributed by atoms with Crippen molar-refractivity contribution in [1.82, 2.24) is 5.32 Å². The number of aryl methyl sites for hydroxylation is 2. The van der Waals surface area contributed by atoms with Gasteiger partial charge in [-0.3, -0.25) is 19.8 Å². The van der Waals surface area contributed by atoms with E-state index < -0.39 is 33.7 Å². The molecular formula is C96H107BrF3N13O8S. The van der Waals surface area contributed by atoms with Gasteiger partial charge in [-0.1, -0.05) is 152 Å². The van der Waals surface area contributed by atoms with Crippen molar-refractivity contribution < 1.29 is 50.2 Å². The van der Waals surface area contributed by atoms with Crippen LogP contribution in [0.2, 0.25) is 0 Å². The number of nitrogens with zero attached hydrogens (tertiary/aromatic N) is 6. The van der Waals surface area contributed by atoms with E-state index in [2.05, 4.69) is 48.9 Å². The van der Waals surface area contributed by atoms with E-state index in [1.54, 1.807) is 72.8 Å². The number of amides is 2. The minimum atomic E-state index is -4.00. The fraction of sp³-hybridized carbons (Fsp3) is 0.292. The summed E-state index contributed by atoms with van der Waals surface area (Å²) in [6.07, 6.45) is 11.1. The minimum Gasteiger partial charge on any atom is -0.465 e. The molecule has 0 bridgehead atoms. The molecular weight excluding hydrogens is 1630 g/mol. The van der Waals surface area contributed by atoms with Gasteiger partial charge in [-0.05, 0) is 253 Å². The number of halogens is 4. The Morgan fingerprint density at radius 2 is 0.910 bits per heavy atom. The van der Waals surface area contributed by atoms with Crippen LogP contribution < -0.4 is 47.3 Å². The van der Waals surface area contributed by atoms with Gasteiger partial charge in [0.1, 0.15) is 47.5 Å². The number of anilines is 6. The molecule has 0 aliphatic carbocycles. The largest absolute Gasteiger partial charge is 0.465 e. The van der Waals surface area contributed by atoms with E-state index in [0.29, 0.717) is 60.4 Å². The van der Waals surface area contributed by atoms with Crippen molar-refractivity contribution in [3.05, 3.63) is 280 Å². The summed E-state index contributed by atoms with van der Waals surface area (Å²) in [5.41, 5.74) is 22.8. The molecule has 0 saturated carbocycles. The fourth-order valence-electron chi connectivity index (χ4n) is 14.4. The normalized spacial score (nSPS) is 15.7. The number of nitrogens with two attached hydrogens (primary N) is 3. The van der Waals surface area contributed by atoms with E-state index in [0.717, 1.165) is 132 Å². The minimum absolute atomic E-state index is 0. The first-order chi connectivity index (χ1) is 57.8. The van der Waals surface area contributed by atoms with Crippen LogP contribution in [0.3, 0.4) is 0 Å². The highest BCUT2D eigenvalue weighted by Crippen LogP contribution is 2.35. The zero-order valence-electron chi connectivity index (χ0n) is 67.5. The number of hydrogen-bond donors (Lipinski definition) is 7. The van der Waals surface area contributed by atoms with Crippen molar-refractivity contribution in [3.63, 3.8) is 0 Å². The molecule has 10 aromatic carbocycles. The number of rotatable bonds is 16. The fourth-order valence-corrected chi connectivity index (χ4v) is 15.6. The third-order valence-corrected chi connectivity index (χ3v) is 21.9. The Balaban J connectivity index is 0.000000213. The second-order valence-corrected chi connectivity index (χ2v) is 31.3. The number of sulfonamides is 1. The van der Waals surface area contributed by atoms with Gasteiger partial charge < -0.3 is 51.6 Å². The lowest BCUT2D eigenvalue weighted by Gasteiger charge is -2.36. The molecule has 0 aromatic heterocycles. The summed E-state index contributed by atoms with van der Waals surface area (Å²) >= 11 is 3.25. The zero-order valence-corrected chi connectivity index (χ0v) is 69.9. The Morgan fingerprint density at radius 3 is 1.34 bits per heavy atom. The van der Waals surface area contributed by atoms with Crippen molar-refractivity contribution in [1.29, 1.82) is 21.2 Å². The molecule has 2 amide bonds. The molecule has 0 spiro atoms. The number of nitriles is 3. The average molecular weight is 1740 g/mol. The number of primary sulfonamides is 1. The molecule has 4 saturated heterocycles. The molecule has 638 valence electrons. The second kappa shape index (κ2) is 48.0. The molecule has 4 heterocycles. The number of carbonyl (C=O) groups excluding carboxylic acids is 4. The molecule has 26 heteroatoms. The van der Waals surface area contributed by atoms with Crippen LogP contribution in [0.25, 0.3) is 33.4 Å². The first-order valence-electron chi connectivity index (χ1n) is 39.8. The predicted octanol–water partition coefficient (Wildman–Crippen LogP) is 19.2. The summed E-state index contributed by atoms with van der Waals surface area (Å²) in [6.45, 7) is 11.7. The number of benzene rings is 10. The maximum atomic E-state index is 15.0. The van der Waals surface area contributed by atoms with Crippen LogP contribution >= 0.6 is 15.9 Å². The van der Waals surface area contributed by atoms with Gasteiger partial charge in [-0.15, -0.1) is 0 Å². The second-order valence-electron chi connectivity index (χ2n) is 28.8. The number of piperidine rings is 4. The summed E-state index contributed by atoms with van der Waals surface area (Å²) in [6, 6.07) is 69.9.